The van der Waals surface area contributed by atoms with Gasteiger partial charge in [-0.2, -0.15) is 0 Å². The highest BCUT2D eigenvalue weighted by Gasteiger charge is 2.21. The molecule has 2 aromatic carbocycles. The standard InChI is InChI=1S/C23H24ClN3O3/c1-25-19-5-2-6-20(22(19)30-23(25)28)27-12-10-26(11-13-27)9-3-4-16-15-29-21-8-7-17(24)14-18(16)21/h2,5-8,14-15H,3-4,9-13H2,1H3. The van der Waals surface area contributed by atoms with Gasteiger partial charge in [0.25, 0.3) is 0 Å². The maximum atomic E-state index is 11.9. The number of piperazine rings is 1. The van der Waals surface area contributed by atoms with Gasteiger partial charge in [0.1, 0.15) is 5.58 Å². The van der Waals surface area contributed by atoms with Gasteiger partial charge in [0.15, 0.2) is 5.58 Å². The number of nitrogens with zero attached hydrogens (tertiary/aromatic N) is 3. The van der Waals surface area contributed by atoms with Crippen LogP contribution in [0.1, 0.15) is 12.0 Å². The molecule has 2 aromatic heterocycles. The summed E-state index contributed by atoms with van der Waals surface area (Å²) in [5.41, 5.74) is 4.64. The first kappa shape index (κ1) is 19.3. The summed E-state index contributed by atoms with van der Waals surface area (Å²) >= 11 is 6.13. The minimum Gasteiger partial charge on any atom is -0.464 e. The van der Waals surface area contributed by atoms with E-state index in [9.17, 15) is 4.79 Å². The molecular weight excluding hydrogens is 402 g/mol. The van der Waals surface area contributed by atoms with Gasteiger partial charge >= 0.3 is 5.76 Å². The number of aryl methyl sites for hydroxylation is 2. The molecule has 30 heavy (non-hydrogen) atoms. The molecule has 3 heterocycles. The zero-order valence-corrected chi connectivity index (χ0v) is 17.7. The van der Waals surface area contributed by atoms with Crippen molar-refractivity contribution >= 4 is 39.4 Å². The fourth-order valence-electron chi connectivity index (χ4n) is 4.34. The van der Waals surface area contributed by atoms with Gasteiger partial charge in [-0.25, -0.2) is 4.79 Å². The van der Waals surface area contributed by atoms with Crippen molar-refractivity contribution in [2.24, 2.45) is 7.05 Å². The predicted molar refractivity (Wildman–Crippen MR) is 120 cm³/mol. The fraction of sp³-hybridized carbons (Fsp3) is 0.348. The Hall–Kier alpha value is -2.70. The Kier molecular flexibility index (Phi) is 5.05. The van der Waals surface area contributed by atoms with Crippen LogP contribution in [0.2, 0.25) is 5.02 Å². The molecular formula is C23H24ClN3O3. The summed E-state index contributed by atoms with van der Waals surface area (Å²) in [7, 11) is 1.74. The molecule has 0 atom stereocenters. The van der Waals surface area contributed by atoms with Crippen molar-refractivity contribution in [2.45, 2.75) is 12.8 Å². The second kappa shape index (κ2) is 7.85. The fourth-order valence-corrected chi connectivity index (χ4v) is 4.51. The topological polar surface area (TPSA) is 54.8 Å². The maximum absolute atomic E-state index is 11.9. The largest absolute Gasteiger partial charge is 0.464 e. The first-order valence-corrected chi connectivity index (χ1v) is 10.7. The first-order valence-electron chi connectivity index (χ1n) is 10.3. The number of aromatic nitrogens is 1. The lowest BCUT2D eigenvalue weighted by molar-refractivity contribution is 0.255. The van der Waals surface area contributed by atoms with Crippen molar-refractivity contribution < 1.29 is 8.83 Å². The van der Waals surface area contributed by atoms with E-state index in [1.165, 1.54) is 5.56 Å². The Morgan fingerprint density at radius 1 is 1.10 bits per heavy atom. The summed E-state index contributed by atoms with van der Waals surface area (Å²) < 4.78 is 12.7. The maximum Gasteiger partial charge on any atom is 0.419 e. The quantitative estimate of drug-likeness (QED) is 0.477. The van der Waals surface area contributed by atoms with Crippen LogP contribution in [0.5, 0.6) is 0 Å². The molecule has 156 valence electrons. The van der Waals surface area contributed by atoms with Gasteiger partial charge < -0.3 is 13.7 Å². The number of furan rings is 1. The Bertz CT molecular complexity index is 1250. The van der Waals surface area contributed by atoms with Crippen LogP contribution in [0.4, 0.5) is 5.69 Å². The molecule has 5 rings (SSSR count). The summed E-state index contributed by atoms with van der Waals surface area (Å²) in [6, 6.07) is 11.7. The molecule has 7 heteroatoms. The summed E-state index contributed by atoms with van der Waals surface area (Å²) in [4.78, 5) is 16.7. The van der Waals surface area contributed by atoms with Crippen LogP contribution in [0.3, 0.4) is 0 Å². The Morgan fingerprint density at radius 2 is 1.93 bits per heavy atom. The van der Waals surface area contributed by atoms with Crippen LogP contribution in [0, 0.1) is 0 Å². The van der Waals surface area contributed by atoms with Crippen LogP contribution in [0.15, 0.2) is 56.3 Å². The third-order valence-electron chi connectivity index (χ3n) is 6.05. The normalized spacial score (nSPS) is 15.5. The van der Waals surface area contributed by atoms with E-state index in [4.69, 9.17) is 20.4 Å². The number of benzene rings is 2. The number of hydrogen-bond donors (Lipinski definition) is 0. The number of rotatable bonds is 5. The molecule has 0 saturated carbocycles. The summed E-state index contributed by atoms with van der Waals surface area (Å²) in [5.74, 6) is -0.316. The van der Waals surface area contributed by atoms with E-state index in [-0.39, 0.29) is 5.76 Å². The van der Waals surface area contributed by atoms with Gasteiger partial charge in [0.2, 0.25) is 0 Å². The van der Waals surface area contributed by atoms with Crippen molar-refractivity contribution in [1.82, 2.24) is 9.47 Å². The van der Waals surface area contributed by atoms with Crippen molar-refractivity contribution in [3.05, 3.63) is 63.8 Å². The van der Waals surface area contributed by atoms with Crippen LogP contribution in [-0.4, -0.2) is 42.2 Å². The Labute approximate surface area is 179 Å². The number of para-hydroxylation sites is 1. The molecule has 1 aliphatic rings. The summed E-state index contributed by atoms with van der Waals surface area (Å²) in [5, 5.41) is 1.86. The van der Waals surface area contributed by atoms with Crippen LogP contribution in [0.25, 0.3) is 22.1 Å². The van der Waals surface area contributed by atoms with Crippen molar-refractivity contribution in [3.63, 3.8) is 0 Å². The zero-order chi connectivity index (χ0) is 20.7. The smallest absolute Gasteiger partial charge is 0.419 e. The number of anilines is 1. The van der Waals surface area contributed by atoms with Gasteiger partial charge in [-0.3, -0.25) is 9.47 Å². The zero-order valence-electron chi connectivity index (χ0n) is 16.9. The highest BCUT2D eigenvalue weighted by molar-refractivity contribution is 6.31. The van der Waals surface area contributed by atoms with Crippen molar-refractivity contribution in [2.75, 3.05) is 37.6 Å². The van der Waals surface area contributed by atoms with Gasteiger partial charge in [0.05, 0.1) is 17.5 Å². The second-order valence-corrected chi connectivity index (χ2v) is 8.32. The first-order chi connectivity index (χ1) is 14.6. The van der Waals surface area contributed by atoms with E-state index in [0.29, 0.717) is 5.58 Å². The molecule has 0 bridgehead atoms. The molecule has 4 aromatic rings. The lowest BCUT2D eigenvalue weighted by Gasteiger charge is -2.36. The van der Waals surface area contributed by atoms with Gasteiger partial charge in [-0.05, 0) is 55.3 Å². The van der Waals surface area contributed by atoms with E-state index in [1.807, 2.05) is 42.7 Å². The summed E-state index contributed by atoms with van der Waals surface area (Å²) in [6.45, 7) is 4.87. The molecule has 6 nitrogen and oxygen atoms in total. The monoisotopic (exact) mass is 425 g/mol. The molecule has 1 saturated heterocycles. The molecule has 0 N–H and O–H groups in total. The highest BCUT2D eigenvalue weighted by atomic mass is 35.5. The van der Waals surface area contributed by atoms with Crippen molar-refractivity contribution in [1.29, 1.82) is 0 Å². The van der Waals surface area contributed by atoms with E-state index in [1.54, 1.807) is 11.6 Å². The average molecular weight is 426 g/mol. The minimum atomic E-state index is -0.316. The number of oxazole rings is 1. The van der Waals surface area contributed by atoms with E-state index >= 15 is 0 Å². The van der Waals surface area contributed by atoms with E-state index in [0.717, 1.165) is 72.8 Å². The van der Waals surface area contributed by atoms with Crippen molar-refractivity contribution in [3.8, 4) is 0 Å². The number of fused-ring (bicyclic) bond motifs is 2. The second-order valence-electron chi connectivity index (χ2n) is 7.89. The van der Waals surface area contributed by atoms with Crippen LogP contribution >= 0.6 is 11.6 Å². The third kappa shape index (κ3) is 3.50. The molecule has 0 aliphatic carbocycles. The average Bonchev–Trinajstić information content (AvgIpc) is 3.29. The predicted octanol–water partition coefficient (Wildman–Crippen LogP) is 4.29. The SMILES string of the molecule is Cn1c(=O)oc2c(N3CCN(CCCc4coc5ccc(Cl)cc45)CC3)cccc21. The Balaban J connectivity index is 1.19. The Morgan fingerprint density at radius 3 is 2.77 bits per heavy atom. The molecule has 1 aliphatic heterocycles. The lowest BCUT2D eigenvalue weighted by atomic mass is 10.1. The molecule has 0 amide bonds. The van der Waals surface area contributed by atoms with E-state index < -0.39 is 0 Å². The molecule has 0 spiro atoms. The number of hydrogen-bond acceptors (Lipinski definition) is 5. The van der Waals surface area contributed by atoms with Crippen LogP contribution in [-0.2, 0) is 13.5 Å². The summed E-state index contributed by atoms with van der Waals surface area (Å²) in [6.07, 6.45) is 3.90. The minimum absolute atomic E-state index is 0.316. The van der Waals surface area contributed by atoms with Gasteiger partial charge in [-0.15, -0.1) is 0 Å². The molecule has 1 fully saturated rings. The highest BCUT2D eigenvalue weighted by Crippen LogP contribution is 2.28. The third-order valence-corrected chi connectivity index (χ3v) is 6.28. The lowest BCUT2D eigenvalue weighted by Crippen LogP contribution is -2.46. The molecule has 0 radical (unpaired) electrons. The van der Waals surface area contributed by atoms with Gasteiger partial charge in [-0.1, -0.05) is 17.7 Å². The van der Waals surface area contributed by atoms with Crippen LogP contribution < -0.4 is 10.7 Å². The van der Waals surface area contributed by atoms with Gasteiger partial charge in [0, 0.05) is 43.6 Å². The molecule has 0 unspecified atom stereocenters. The number of halogens is 1. The van der Waals surface area contributed by atoms with E-state index in [2.05, 4.69) is 9.80 Å².